The maximum absolute atomic E-state index is 13.9. The predicted octanol–water partition coefficient (Wildman–Crippen LogP) is 6.48. The van der Waals surface area contributed by atoms with Crippen LogP contribution in [0.25, 0.3) is 0 Å². The standard InChI is InChI=1S/C28H20BrNO3/c29-21-17-15-20(16-18-21)28(32)30(22-11-5-2-6-12-22)25-26(31)23-13-7-8-14-24(23)33-27(25)19-9-3-1-4-10-19/h1-18,25,27H. The Balaban J connectivity index is 1.69. The summed E-state index contributed by atoms with van der Waals surface area (Å²) in [5.74, 6) is 0.104. The number of amides is 1. The lowest BCUT2D eigenvalue weighted by molar-refractivity contribution is 0.0730. The van der Waals surface area contributed by atoms with Crippen molar-refractivity contribution in [2.45, 2.75) is 12.1 Å². The van der Waals surface area contributed by atoms with E-state index in [4.69, 9.17) is 4.74 Å². The topological polar surface area (TPSA) is 46.6 Å². The number of fused-ring (bicyclic) bond motifs is 1. The van der Waals surface area contributed by atoms with E-state index in [9.17, 15) is 9.59 Å². The summed E-state index contributed by atoms with van der Waals surface area (Å²) in [6.07, 6.45) is -0.659. The number of carbonyl (C=O) groups is 2. The Hall–Kier alpha value is -3.70. The van der Waals surface area contributed by atoms with Gasteiger partial charge < -0.3 is 4.74 Å². The molecule has 1 amide bonds. The van der Waals surface area contributed by atoms with Crippen LogP contribution in [-0.2, 0) is 0 Å². The second-order valence-corrected chi connectivity index (χ2v) is 8.69. The molecule has 0 saturated heterocycles. The molecule has 4 aromatic rings. The van der Waals surface area contributed by atoms with Crippen LogP contribution in [0, 0.1) is 0 Å². The van der Waals surface area contributed by atoms with Crippen LogP contribution in [0.4, 0.5) is 5.69 Å². The van der Waals surface area contributed by atoms with Gasteiger partial charge in [-0.25, -0.2) is 0 Å². The van der Waals surface area contributed by atoms with Crippen LogP contribution in [0.2, 0.25) is 0 Å². The number of hydrogen-bond acceptors (Lipinski definition) is 3. The molecule has 4 aromatic carbocycles. The molecule has 4 nitrogen and oxygen atoms in total. The molecule has 0 bridgehead atoms. The zero-order valence-corrected chi connectivity index (χ0v) is 19.2. The summed E-state index contributed by atoms with van der Waals surface area (Å²) >= 11 is 3.42. The number of halogens is 1. The highest BCUT2D eigenvalue weighted by Crippen LogP contribution is 2.39. The molecule has 1 aliphatic rings. The number of ether oxygens (including phenoxy) is 1. The van der Waals surface area contributed by atoms with Crippen LogP contribution < -0.4 is 9.64 Å². The van der Waals surface area contributed by atoms with Gasteiger partial charge in [-0.15, -0.1) is 0 Å². The summed E-state index contributed by atoms with van der Waals surface area (Å²) in [6, 6.07) is 32.3. The van der Waals surface area contributed by atoms with E-state index in [0.717, 1.165) is 10.0 Å². The molecule has 0 aromatic heterocycles. The fourth-order valence-electron chi connectivity index (χ4n) is 4.14. The summed E-state index contributed by atoms with van der Waals surface area (Å²) in [5, 5.41) is 0. The van der Waals surface area contributed by atoms with Crippen molar-refractivity contribution < 1.29 is 14.3 Å². The summed E-state index contributed by atoms with van der Waals surface area (Å²) < 4.78 is 7.26. The molecule has 0 fully saturated rings. The Morgan fingerprint density at radius 3 is 2.06 bits per heavy atom. The number of para-hydroxylation sites is 2. The van der Waals surface area contributed by atoms with Gasteiger partial charge in [-0.1, -0.05) is 76.6 Å². The van der Waals surface area contributed by atoms with Crippen molar-refractivity contribution in [1.29, 1.82) is 0 Å². The molecule has 0 saturated carbocycles. The summed E-state index contributed by atoms with van der Waals surface area (Å²) in [5.41, 5.74) is 2.42. The molecule has 0 aliphatic carbocycles. The zero-order valence-electron chi connectivity index (χ0n) is 17.6. The minimum Gasteiger partial charge on any atom is -0.482 e. The first kappa shape index (κ1) is 21.2. The zero-order chi connectivity index (χ0) is 22.8. The number of rotatable bonds is 4. The lowest BCUT2D eigenvalue weighted by atomic mass is 9.89. The van der Waals surface area contributed by atoms with Gasteiger partial charge >= 0.3 is 0 Å². The van der Waals surface area contributed by atoms with Gasteiger partial charge in [0.1, 0.15) is 11.8 Å². The molecule has 162 valence electrons. The Bertz CT molecular complexity index is 1290. The van der Waals surface area contributed by atoms with E-state index >= 15 is 0 Å². The number of ketones is 1. The van der Waals surface area contributed by atoms with Crippen LogP contribution >= 0.6 is 15.9 Å². The van der Waals surface area contributed by atoms with E-state index in [-0.39, 0.29) is 11.7 Å². The average molecular weight is 498 g/mol. The molecule has 2 unspecified atom stereocenters. The molecular weight excluding hydrogens is 478 g/mol. The predicted molar refractivity (Wildman–Crippen MR) is 132 cm³/mol. The highest BCUT2D eigenvalue weighted by Gasteiger charge is 2.44. The fraction of sp³-hybridized carbons (Fsp3) is 0.0714. The molecule has 2 atom stereocenters. The Kier molecular flexibility index (Phi) is 5.80. The van der Waals surface area contributed by atoms with Crippen molar-refractivity contribution in [3.8, 4) is 5.75 Å². The quantitative estimate of drug-likeness (QED) is 0.324. The second-order valence-electron chi connectivity index (χ2n) is 7.77. The lowest BCUT2D eigenvalue weighted by Gasteiger charge is -2.39. The molecule has 0 spiro atoms. The van der Waals surface area contributed by atoms with Crippen molar-refractivity contribution in [2.75, 3.05) is 4.90 Å². The first-order valence-electron chi connectivity index (χ1n) is 10.6. The number of benzene rings is 4. The van der Waals surface area contributed by atoms with Gasteiger partial charge in [0, 0.05) is 15.7 Å². The monoisotopic (exact) mass is 497 g/mol. The molecule has 1 heterocycles. The van der Waals surface area contributed by atoms with Crippen LogP contribution in [0.15, 0.2) is 114 Å². The smallest absolute Gasteiger partial charge is 0.259 e. The van der Waals surface area contributed by atoms with Gasteiger partial charge in [0.25, 0.3) is 5.91 Å². The van der Waals surface area contributed by atoms with Crippen molar-refractivity contribution in [2.24, 2.45) is 0 Å². The Morgan fingerprint density at radius 1 is 0.758 bits per heavy atom. The molecule has 0 N–H and O–H groups in total. The average Bonchev–Trinajstić information content (AvgIpc) is 2.87. The third-order valence-corrected chi connectivity index (χ3v) is 6.24. The van der Waals surface area contributed by atoms with Crippen molar-refractivity contribution in [3.63, 3.8) is 0 Å². The van der Waals surface area contributed by atoms with Gasteiger partial charge in [-0.05, 0) is 54.1 Å². The highest BCUT2D eigenvalue weighted by atomic mass is 79.9. The van der Waals surface area contributed by atoms with E-state index in [2.05, 4.69) is 15.9 Å². The van der Waals surface area contributed by atoms with Gasteiger partial charge in [0.05, 0.1) is 5.56 Å². The number of Topliss-reactive ketones (excluding diaryl/α,β-unsaturated/α-hetero) is 1. The molecular formula is C28H20BrNO3. The van der Waals surface area contributed by atoms with Gasteiger partial charge in [0.2, 0.25) is 0 Å². The number of anilines is 1. The van der Waals surface area contributed by atoms with Gasteiger partial charge in [0.15, 0.2) is 11.9 Å². The van der Waals surface area contributed by atoms with E-state index in [1.54, 1.807) is 29.2 Å². The minimum absolute atomic E-state index is 0.153. The maximum atomic E-state index is 13.9. The van der Waals surface area contributed by atoms with E-state index in [1.165, 1.54) is 0 Å². The SMILES string of the molecule is O=C1c2ccccc2OC(c2ccccc2)C1N(C(=O)c1ccc(Br)cc1)c1ccccc1. The summed E-state index contributed by atoms with van der Waals surface area (Å²) in [6.45, 7) is 0. The maximum Gasteiger partial charge on any atom is 0.259 e. The van der Waals surface area contributed by atoms with E-state index < -0.39 is 12.1 Å². The third-order valence-electron chi connectivity index (χ3n) is 5.71. The minimum atomic E-state index is -0.874. The third kappa shape index (κ3) is 4.08. The van der Waals surface area contributed by atoms with Crippen LogP contribution in [0.1, 0.15) is 32.4 Å². The van der Waals surface area contributed by atoms with Crippen molar-refractivity contribution in [1.82, 2.24) is 0 Å². The summed E-state index contributed by atoms with van der Waals surface area (Å²) in [4.78, 5) is 29.4. The van der Waals surface area contributed by atoms with Crippen LogP contribution in [0.5, 0.6) is 5.75 Å². The molecule has 5 rings (SSSR count). The fourth-order valence-corrected chi connectivity index (χ4v) is 4.41. The second kappa shape index (κ2) is 9.04. The Labute approximate surface area is 200 Å². The molecule has 0 radical (unpaired) electrons. The first-order chi connectivity index (χ1) is 16.1. The van der Waals surface area contributed by atoms with E-state index in [0.29, 0.717) is 22.6 Å². The largest absolute Gasteiger partial charge is 0.482 e. The summed E-state index contributed by atoms with van der Waals surface area (Å²) in [7, 11) is 0. The Morgan fingerprint density at radius 2 is 1.36 bits per heavy atom. The molecule has 33 heavy (non-hydrogen) atoms. The molecule has 1 aliphatic heterocycles. The number of nitrogens with zero attached hydrogens (tertiary/aromatic N) is 1. The van der Waals surface area contributed by atoms with Crippen molar-refractivity contribution >= 4 is 33.3 Å². The van der Waals surface area contributed by atoms with Crippen LogP contribution in [-0.4, -0.2) is 17.7 Å². The van der Waals surface area contributed by atoms with Crippen LogP contribution in [0.3, 0.4) is 0 Å². The van der Waals surface area contributed by atoms with E-state index in [1.807, 2.05) is 84.9 Å². The molecule has 5 heteroatoms. The number of hydrogen-bond donors (Lipinski definition) is 0. The first-order valence-corrected chi connectivity index (χ1v) is 11.4. The normalized spacial score (nSPS) is 17.1. The van der Waals surface area contributed by atoms with Gasteiger partial charge in [-0.3, -0.25) is 14.5 Å². The van der Waals surface area contributed by atoms with Crippen molar-refractivity contribution in [3.05, 3.63) is 130 Å². The lowest BCUT2D eigenvalue weighted by Crippen LogP contribution is -2.52. The highest BCUT2D eigenvalue weighted by molar-refractivity contribution is 9.10. The van der Waals surface area contributed by atoms with Gasteiger partial charge in [-0.2, -0.15) is 0 Å². The number of carbonyl (C=O) groups excluding carboxylic acids is 2.